The van der Waals surface area contributed by atoms with Crippen LogP contribution in [0.1, 0.15) is 48.9 Å². The maximum Gasteiger partial charge on any atom is 0.252 e. The van der Waals surface area contributed by atoms with Gasteiger partial charge in [-0.2, -0.15) is 4.31 Å². The van der Waals surface area contributed by atoms with Crippen LogP contribution in [-0.2, 0) is 14.8 Å². The Kier molecular flexibility index (Phi) is 6.58. The standard InChI is InChI=1S/C21H28N2O3S2/c1-4-19(17-10-9-15(2)16(3)13-17)22-21(24)18-7-5-11-23(14-18)28(25,26)20-8-6-12-27-20/h6,8-10,12-13,18-19H,4-5,7,11,14H2,1-3H3,(H,22,24)/t18-,19-/m0/s1. The van der Waals surface area contributed by atoms with Gasteiger partial charge in [-0.25, -0.2) is 8.42 Å². The second-order valence-electron chi connectivity index (χ2n) is 7.45. The van der Waals surface area contributed by atoms with Crippen molar-refractivity contribution in [1.82, 2.24) is 9.62 Å². The van der Waals surface area contributed by atoms with E-state index in [1.54, 1.807) is 17.5 Å². The molecule has 2 heterocycles. The van der Waals surface area contributed by atoms with E-state index in [2.05, 4.69) is 44.3 Å². The first-order valence-electron chi connectivity index (χ1n) is 9.74. The van der Waals surface area contributed by atoms with E-state index in [-0.39, 0.29) is 24.4 Å². The van der Waals surface area contributed by atoms with Crippen molar-refractivity contribution in [3.8, 4) is 0 Å². The highest BCUT2D eigenvalue weighted by atomic mass is 32.2. The van der Waals surface area contributed by atoms with Gasteiger partial charge in [-0.05, 0) is 61.2 Å². The molecule has 2 aromatic rings. The monoisotopic (exact) mass is 420 g/mol. The molecule has 0 radical (unpaired) electrons. The van der Waals surface area contributed by atoms with Crippen molar-refractivity contribution in [2.75, 3.05) is 13.1 Å². The molecule has 0 bridgehead atoms. The number of carbonyl (C=O) groups is 1. The molecule has 2 atom stereocenters. The molecule has 1 aromatic heterocycles. The third kappa shape index (κ3) is 4.47. The number of benzene rings is 1. The molecule has 1 saturated heterocycles. The third-order valence-electron chi connectivity index (χ3n) is 5.50. The molecule has 28 heavy (non-hydrogen) atoms. The molecule has 1 N–H and O–H groups in total. The number of nitrogens with zero attached hydrogens (tertiary/aromatic N) is 1. The van der Waals surface area contributed by atoms with E-state index >= 15 is 0 Å². The number of thiophene rings is 1. The zero-order valence-electron chi connectivity index (χ0n) is 16.6. The normalized spacial score (nSPS) is 19.3. The molecule has 152 valence electrons. The van der Waals surface area contributed by atoms with Crippen LogP contribution in [0.3, 0.4) is 0 Å². The predicted molar refractivity (Wildman–Crippen MR) is 113 cm³/mol. The van der Waals surface area contributed by atoms with Gasteiger partial charge in [0.2, 0.25) is 5.91 Å². The van der Waals surface area contributed by atoms with Crippen LogP contribution in [0, 0.1) is 19.8 Å². The predicted octanol–water partition coefficient (Wildman–Crippen LogP) is 4.03. The van der Waals surface area contributed by atoms with E-state index < -0.39 is 10.0 Å². The van der Waals surface area contributed by atoms with Crippen LogP contribution in [-0.4, -0.2) is 31.7 Å². The highest BCUT2D eigenvalue weighted by molar-refractivity contribution is 7.91. The molecular weight excluding hydrogens is 392 g/mol. The van der Waals surface area contributed by atoms with E-state index in [0.717, 1.165) is 12.0 Å². The lowest BCUT2D eigenvalue weighted by Gasteiger charge is -2.32. The molecule has 0 spiro atoms. The van der Waals surface area contributed by atoms with E-state index in [1.807, 2.05) is 0 Å². The zero-order valence-corrected chi connectivity index (χ0v) is 18.3. The number of nitrogens with one attached hydrogen (secondary N) is 1. The van der Waals surface area contributed by atoms with E-state index in [9.17, 15) is 13.2 Å². The number of hydrogen-bond donors (Lipinski definition) is 1. The van der Waals surface area contributed by atoms with Gasteiger partial charge in [0.15, 0.2) is 0 Å². The molecule has 0 aliphatic carbocycles. The van der Waals surface area contributed by atoms with Gasteiger partial charge in [0.1, 0.15) is 4.21 Å². The number of hydrogen-bond acceptors (Lipinski definition) is 4. The number of carbonyl (C=O) groups excluding carboxylic acids is 1. The van der Waals surface area contributed by atoms with Gasteiger partial charge in [0.25, 0.3) is 10.0 Å². The highest BCUT2D eigenvalue weighted by Crippen LogP contribution is 2.27. The van der Waals surface area contributed by atoms with Gasteiger partial charge in [0, 0.05) is 13.1 Å². The Morgan fingerprint density at radius 1 is 1.29 bits per heavy atom. The first-order valence-corrected chi connectivity index (χ1v) is 12.1. The van der Waals surface area contributed by atoms with Crippen molar-refractivity contribution in [3.63, 3.8) is 0 Å². The molecule has 1 aliphatic heterocycles. The lowest BCUT2D eigenvalue weighted by Crippen LogP contribution is -2.45. The van der Waals surface area contributed by atoms with Gasteiger partial charge in [0.05, 0.1) is 12.0 Å². The van der Waals surface area contributed by atoms with Crippen molar-refractivity contribution in [2.45, 2.75) is 50.3 Å². The van der Waals surface area contributed by atoms with E-state index in [4.69, 9.17) is 0 Å². The smallest absolute Gasteiger partial charge is 0.252 e. The van der Waals surface area contributed by atoms with Gasteiger partial charge in [-0.3, -0.25) is 4.79 Å². The molecule has 0 saturated carbocycles. The lowest BCUT2D eigenvalue weighted by atomic mass is 9.96. The van der Waals surface area contributed by atoms with Crippen LogP contribution >= 0.6 is 11.3 Å². The number of amides is 1. The Bertz CT molecular complexity index is 923. The fourth-order valence-electron chi connectivity index (χ4n) is 3.60. The topological polar surface area (TPSA) is 66.5 Å². The summed E-state index contributed by atoms with van der Waals surface area (Å²) in [5, 5.41) is 4.91. The van der Waals surface area contributed by atoms with Gasteiger partial charge in [-0.15, -0.1) is 11.3 Å². The van der Waals surface area contributed by atoms with Crippen LogP contribution in [0.2, 0.25) is 0 Å². The molecule has 5 nitrogen and oxygen atoms in total. The summed E-state index contributed by atoms with van der Waals surface area (Å²) in [6, 6.07) is 9.56. The summed E-state index contributed by atoms with van der Waals surface area (Å²) in [6.45, 7) is 6.91. The van der Waals surface area contributed by atoms with Crippen molar-refractivity contribution in [1.29, 1.82) is 0 Å². The molecule has 1 amide bonds. The van der Waals surface area contributed by atoms with E-state index in [1.165, 1.54) is 26.8 Å². The molecule has 7 heteroatoms. The van der Waals surface area contributed by atoms with Gasteiger partial charge in [-0.1, -0.05) is 31.2 Å². The summed E-state index contributed by atoms with van der Waals surface area (Å²) in [5.74, 6) is -0.375. The number of sulfonamides is 1. The van der Waals surface area contributed by atoms with Crippen molar-refractivity contribution in [3.05, 3.63) is 52.4 Å². The zero-order chi connectivity index (χ0) is 20.3. The van der Waals surface area contributed by atoms with Crippen LogP contribution in [0.25, 0.3) is 0 Å². The molecule has 1 fully saturated rings. The van der Waals surface area contributed by atoms with Crippen molar-refractivity contribution < 1.29 is 13.2 Å². The largest absolute Gasteiger partial charge is 0.349 e. The van der Waals surface area contributed by atoms with Crippen LogP contribution in [0.5, 0.6) is 0 Å². The quantitative estimate of drug-likeness (QED) is 0.767. The van der Waals surface area contributed by atoms with Crippen LogP contribution in [0.4, 0.5) is 0 Å². The second kappa shape index (κ2) is 8.76. The average Bonchev–Trinajstić information content (AvgIpc) is 3.24. The Morgan fingerprint density at radius 3 is 2.71 bits per heavy atom. The Hall–Kier alpha value is -1.70. The SMILES string of the molecule is CC[C@H](NC(=O)[C@H]1CCCN(S(=O)(=O)c2cccs2)C1)c1ccc(C)c(C)c1. The lowest BCUT2D eigenvalue weighted by molar-refractivity contribution is -0.126. The van der Waals surface area contributed by atoms with Crippen molar-refractivity contribution in [2.24, 2.45) is 5.92 Å². The summed E-state index contributed by atoms with van der Waals surface area (Å²) in [5.41, 5.74) is 3.53. The molecule has 0 unspecified atom stereocenters. The molecular formula is C21H28N2O3S2. The summed E-state index contributed by atoms with van der Waals surface area (Å²) in [6.07, 6.45) is 2.20. The minimum atomic E-state index is -3.51. The number of piperidine rings is 1. The van der Waals surface area contributed by atoms with Gasteiger partial charge < -0.3 is 5.32 Å². The summed E-state index contributed by atoms with van der Waals surface area (Å²) in [4.78, 5) is 12.9. The van der Waals surface area contributed by atoms with Crippen LogP contribution in [0.15, 0.2) is 39.9 Å². The Balaban J connectivity index is 1.70. The maximum absolute atomic E-state index is 12.9. The van der Waals surface area contributed by atoms with E-state index in [0.29, 0.717) is 23.6 Å². The minimum absolute atomic E-state index is 0.0591. The van der Waals surface area contributed by atoms with Crippen LogP contribution < -0.4 is 5.32 Å². The number of rotatable bonds is 6. The van der Waals surface area contributed by atoms with Gasteiger partial charge >= 0.3 is 0 Å². The second-order valence-corrected chi connectivity index (χ2v) is 10.6. The molecule has 1 aliphatic rings. The fraction of sp³-hybridized carbons (Fsp3) is 0.476. The first-order chi connectivity index (χ1) is 13.3. The maximum atomic E-state index is 12.9. The fourth-order valence-corrected chi connectivity index (χ4v) is 6.27. The minimum Gasteiger partial charge on any atom is -0.349 e. The first kappa shape index (κ1) is 21.0. The average molecular weight is 421 g/mol. The summed E-state index contributed by atoms with van der Waals surface area (Å²) < 4.78 is 27.4. The Morgan fingerprint density at radius 2 is 2.07 bits per heavy atom. The Labute approximate surface area is 171 Å². The summed E-state index contributed by atoms with van der Waals surface area (Å²) >= 11 is 1.22. The molecule has 3 rings (SSSR count). The molecule has 1 aromatic carbocycles. The highest BCUT2D eigenvalue weighted by Gasteiger charge is 2.34. The summed E-state index contributed by atoms with van der Waals surface area (Å²) in [7, 11) is -3.51. The third-order valence-corrected chi connectivity index (χ3v) is 8.74. The van der Waals surface area contributed by atoms with Crippen molar-refractivity contribution >= 4 is 27.3 Å². The number of aryl methyl sites for hydroxylation is 2.